The molecular weight excluding hydrogens is 364 g/mol. The average molecular weight is 397 g/mol. The average Bonchev–Trinajstić information content (AvgIpc) is 3.04. The van der Waals surface area contributed by atoms with Gasteiger partial charge in [0, 0.05) is 18.6 Å². The summed E-state index contributed by atoms with van der Waals surface area (Å²) in [7, 11) is -2.29. The van der Waals surface area contributed by atoms with Gasteiger partial charge in [-0.05, 0) is 56.7 Å². The molecule has 0 radical (unpaired) electrons. The van der Waals surface area contributed by atoms with Crippen LogP contribution in [0.5, 0.6) is 5.75 Å². The number of ether oxygens (including phenoxy) is 1. The van der Waals surface area contributed by atoms with Crippen LogP contribution in [-0.4, -0.2) is 45.0 Å². The maximum atomic E-state index is 13.0. The Kier molecular flexibility index (Phi) is 6.26. The first-order chi connectivity index (χ1) is 12.3. The van der Waals surface area contributed by atoms with Gasteiger partial charge in [0.2, 0.25) is 10.0 Å². The summed E-state index contributed by atoms with van der Waals surface area (Å²) >= 11 is 0. The molecule has 1 aromatic rings. The van der Waals surface area contributed by atoms with Gasteiger partial charge < -0.3 is 9.64 Å². The largest absolute Gasteiger partial charge is 0.496 e. The number of benzene rings is 1. The van der Waals surface area contributed by atoms with Gasteiger partial charge in [0.15, 0.2) is 0 Å². The second kappa shape index (κ2) is 7.80. The Labute approximate surface area is 163 Å². The van der Waals surface area contributed by atoms with Crippen molar-refractivity contribution in [3.8, 4) is 5.75 Å². The van der Waals surface area contributed by atoms with E-state index in [2.05, 4.69) is 25.5 Å². The van der Waals surface area contributed by atoms with Crippen molar-refractivity contribution in [1.82, 2.24) is 9.62 Å². The smallest absolute Gasteiger partial charge is 0.257 e. The molecule has 1 aliphatic heterocycles. The van der Waals surface area contributed by atoms with E-state index >= 15 is 0 Å². The van der Waals surface area contributed by atoms with E-state index in [0.29, 0.717) is 25.3 Å². The highest BCUT2D eigenvalue weighted by molar-refractivity contribution is 7.89. The van der Waals surface area contributed by atoms with Crippen LogP contribution in [-0.2, 0) is 10.0 Å². The van der Waals surface area contributed by atoms with Crippen molar-refractivity contribution in [2.24, 2.45) is 5.41 Å². The Bertz CT molecular complexity index is 789. The number of hydrogen-bond donors (Lipinski definition) is 1. The van der Waals surface area contributed by atoms with Gasteiger partial charge in [0.1, 0.15) is 5.75 Å². The van der Waals surface area contributed by atoms with Gasteiger partial charge in [-0.2, -0.15) is 0 Å². The van der Waals surface area contributed by atoms with Crippen LogP contribution in [0.4, 0.5) is 0 Å². The number of methoxy groups -OCH3 is 1. The number of nitrogens with one attached hydrogen (secondary N) is 1. The molecule has 0 atom stereocenters. The molecule has 2 rings (SSSR count). The number of carbonyl (C=O) groups is 1. The summed E-state index contributed by atoms with van der Waals surface area (Å²) in [6.07, 6.45) is 2.61. The van der Waals surface area contributed by atoms with Crippen LogP contribution in [0.15, 0.2) is 23.1 Å². The van der Waals surface area contributed by atoms with Crippen molar-refractivity contribution in [2.75, 3.05) is 20.2 Å². The molecule has 1 amide bonds. The molecular formula is C20H32N2O4S. The summed E-state index contributed by atoms with van der Waals surface area (Å²) in [6, 6.07) is 4.46. The van der Waals surface area contributed by atoms with Crippen LogP contribution < -0.4 is 9.46 Å². The number of carbonyl (C=O) groups excluding carboxylic acids is 1. The van der Waals surface area contributed by atoms with Crippen molar-refractivity contribution in [1.29, 1.82) is 0 Å². The van der Waals surface area contributed by atoms with E-state index in [1.54, 1.807) is 11.0 Å². The lowest BCUT2D eigenvalue weighted by Crippen LogP contribution is -2.45. The Morgan fingerprint density at radius 3 is 2.26 bits per heavy atom. The highest BCUT2D eigenvalue weighted by Crippen LogP contribution is 2.30. The predicted molar refractivity (Wildman–Crippen MR) is 107 cm³/mol. The minimum absolute atomic E-state index is 0.0250. The molecule has 1 N–H and O–H groups in total. The molecule has 1 heterocycles. The third-order valence-electron chi connectivity index (χ3n) is 4.49. The molecule has 1 fully saturated rings. The fourth-order valence-corrected chi connectivity index (χ4v) is 5.33. The predicted octanol–water partition coefficient (Wildman–Crippen LogP) is 3.42. The quantitative estimate of drug-likeness (QED) is 0.799. The Balaban J connectivity index is 2.34. The van der Waals surface area contributed by atoms with Crippen molar-refractivity contribution >= 4 is 15.9 Å². The number of rotatable bonds is 6. The second-order valence-electron chi connectivity index (χ2n) is 9.09. The summed E-state index contributed by atoms with van der Waals surface area (Å²) < 4.78 is 34.0. The van der Waals surface area contributed by atoms with Crippen LogP contribution in [0, 0.1) is 5.41 Å². The number of likely N-dealkylation sites (tertiary alicyclic amines) is 1. The van der Waals surface area contributed by atoms with Gasteiger partial charge >= 0.3 is 0 Å². The van der Waals surface area contributed by atoms with E-state index < -0.39 is 15.6 Å². The van der Waals surface area contributed by atoms with Crippen LogP contribution in [0.25, 0.3) is 0 Å². The second-order valence-corrected chi connectivity index (χ2v) is 10.8. The first kappa shape index (κ1) is 21.7. The van der Waals surface area contributed by atoms with Crippen molar-refractivity contribution in [2.45, 2.75) is 64.3 Å². The summed E-state index contributed by atoms with van der Waals surface area (Å²) in [6.45, 7) is 11.3. The van der Waals surface area contributed by atoms with Gasteiger partial charge in [0.05, 0.1) is 17.6 Å². The SMILES string of the molecule is COc1ccc(S(=O)(=O)NC(C)(C)CC(C)(C)C)cc1C(=O)N1CCCC1. The first-order valence-electron chi connectivity index (χ1n) is 9.36. The van der Waals surface area contributed by atoms with E-state index in [0.717, 1.165) is 12.8 Å². The maximum absolute atomic E-state index is 13.0. The topological polar surface area (TPSA) is 75.7 Å². The fraction of sp³-hybridized carbons (Fsp3) is 0.650. The Hall–Kier alpha value is -1.60. The normalized spacial score (nSPS) is 15.9. The lowest BCUT2D eigenvalue weighted by atomic mass is 9.82. The fourth-order valence-electron chi connectivity index (χ4n) is 3.90. The maximum Gasteiger partial charge on any atom is 0.257 e. The van der Waals surface area contributed by atoms with E-state index in [1.165, 1.54) is 19.2 Å². The number of hydrogen-bond acceptors (Lipinski definition) is 4. The summed E-state index contributed by atoms with van der Waals surface area (Å²) in [5.74, 6) is 0.204. The summed E-state index contributed by atoms with van der Waals surface area (Å²) in [4.78, 5) is 14.6. The molecule has 6 nitrogen and oxygen atoms in total. The zero-order valence-corrected chi connectivity index (χ0v) is 18.1. The summed E-state index contributed by atoms with van der Waals surface area (Å²) in [5, 5.41) is 0. The standard InChI is InChI=1S/C20H32N2O4S/c1-19(2,3)14-20(4,5)21-27(24,25)15-9-10-17(26-6)16(13-15)18(23)22-11-7-8-12-22/h9-10,13,21H,7-8,11-12,14H2,1-6H3. The number of amides is 1. The van der Waals surface area contributed by atoms with Crippen LogP contribution in [0.3, 0.4) is 0 Å². The monoisotopic (exact) mass is 396 g/mol. The lowest BCUT2D eigenvalue weighted by Gasteiger charge is -2.33. The van der Waals surface area contributed by atoms with E-state index in [9.17, 15) is 13.2 Å². The lowest BCUT2D eigenvalue weighted by molar-refractivity contribution is 0.0789. The zero-order chi connectivity index (χ0) is 20.5. The van der Waals surface area contributed by atoms with Crippen molar-refractivity contribution in [3.63, 3.8) is 0 Å². The molecule has 1 aromatic carbocycles. The van der Waals surface area contributed by atoms with Gasteiger partial charge in [-0.3, -0.25) is 4.79 Å². The minimum atomic E-state index is -3.77. The number of nitrogens with zero attached hydrogens (tertiary/aromatic N) is 1. The van der Waals surface area contributed by atoms with Gasteiger partial charge in [-0.25, -0.2) is 13.1 Å². The van der Waals surface area contributed by atoms with E-state index in [4.69, 9.17) is 4.74 Å². The third-order valence-corrected chi connectivity index (χ3v) is 6.18. The zero-order valence-electron chi connectivity index (χ0n) is 17.3. The molecule has 27 heavy (non-hydrogen) atoms. The molecule has 0 unspecified atom stereocenters. The van der Waals surface area contributed by atoms with Gasteiger partial charge in [-0.15, -0.1) is 0 Å². The van der Waals surface area contributed by atoms with Crippen molar-refractivity contribution < 1.29 is 17.9 Å². The van der Waals surface area contributed by atoms with Crippen LogP contribution >= 0.6 is 0 Å². The highest BCUT2D eigenvalue weighted by atomic mass is 32.2. The highest BCUT2D eigenvalue weighted by Gasteiger charge is 2.32. The molecule has 0 saturated carbocycles. The Morgan fingerprint density at radius 1 is 1.15 bits per heavy atom. The molecule has 1 aliphatic rings. The summed E-state index contributed by atoms with van der Waals surface area (Å²) in [5.41, 5.74) is -0.352. The first-order valence-corrected chi connectivity index (χ1v) is 10.8. The van der Waals surface area contributed by atoms with Crippen molar-refractivity contribution in [3.05, 3.63) is 23.8 Å². The molecule has 7 heteroatoms. The third kappa shape index (κ3) is 5.69. The Morgan fingerprint density at radius 2 is 1.74 bits per heavy atom. The van der Waals surface area contributed by atoms with Gasteiger partial charge in [-0.1, -0.05) is 20.8 Å². The number of sulfonamides is 1. The van der Waals surface area contributed by atoms with Crippen LogP contribution in [0.2, 0.25) is 0 Å². The van der Waals surface area contributed by atoms with E-state index in [-0.39, 0.29) is 21.8 Å². The van der Waals surface area contributed by atoms with Crippen LogP contribution in [0.1, 0.15) is 64.2 Å². The minimum Gasteiger partial charge on any atom is -0.496 e. The molecule has 0 bridgehead atoms. The van der Waals surface area contributed by atoms with Gasteiger partial charge in [0.25, 0.3) is 5.91 Å². The molecule has 1 saturated heterocycles. The molecule has 0 aromatic heterocycles. The molecule has 0 spiro atoms. The molecule has 0 aliphatic carbocycles. The van der Waals surface area contributed by atoms with E-state index in [1.807, 2.05) is 13.8 Å². The molecule has 152 valence electrons.